The van der Waals surface area contributed by atoms with Crippen LogP contribution in [0.4, 0.5) is 0 Å². The first kappa shape index (κ1) is 15.5. The van der Waals surface area contributed by atoms with Crippen LogP contribution in [0.25, 0.3) is 0 Å². The molecule has 0 bridgehead atoms. The molecule has 1 aromatic carbocycles. The molecule has 1 rings (SSSR count). The van der Waals surface area contributed by atoms with Crippen molar-refractivity contribution in [2.45, 2.75) is 18.4 Å². The van der Waals surface area contributed by atoms with Crippen LogP contribution in [0.5, 0.6) is 0 Å². The molecule has 4 nitrogen and oxygen atoms in total. The number of nitrogens with zero attached hydrogens (tertiary/aromatic N) is 1. The summed E-state index contributed by atoms with van der Waals surface area (Å²) in [5.41, 5.74) is 7.22. The van der Waals surface area contributed by atoms with Crippen molar-refractivity contribution in [3.8, 4) is 0 Å². The van der Waals surface area contributed by atoms with Gasteiger partial charge in [-0.2, -0.15) is 11.8 Å². The zero-order chi connectivity index (χ0) is 13.8. The second-order valence-electron chi connectivity index (χ2n) is 4.06. The largest absolute Gasteiger partial charge is 0.326 e. The van der Waals surface area contributed by atoms with Crippen molar-refractivity contribution in [1.29, 1.82) is 0 Å². The molecule has 0 amide bonds. The first-order valence-corrected chi connectivity index (χ1v) is 8.52. The van der Waals surface area contributed by atoms with Crippen LogP contribution in [0.2, 0.25) is 0 Å². The Morgan fingerprint density at radius 1 is 1.39 bits per heavy atom. The van der Waals surface area contributed by atoms with E-state index in [0.29, 0.717) is 18.0 Å². The first-order chi connectivity index (χ1) is 8.45. The van der Waals surface area contributed by atoms with Gasteiger partial charge in [0.2, 0.25) is 10.0 Å². The van der Waals surface area contributed by atoms with E-state index in [4.69, 9.17) is 5.73 Å². The van der Waals surface area contributed by atoms with Crippen molar-refractivity contribution in [2.24, 2.45) is 5.73 Å². The minimum Gasteiger partial charge on any atom is -0.326 e. The SMILES string of the molecule is CSCCN(C)S(=O)(=O)c1cccc(CN)c1C. The van der Waals surface area contributed by atoms with Crippen molar-refractivity contribution < 1.29 is 8.42 Å². The molecular formula is C12H20N2O2S2. The van der Waals surface area contributed by atoms with Crippen molar-refractivity contribution in [2.75, 3.05) is 25.6 Å². The van der Waals surface area contributed by atoms with Crippen LogP contribution in [-0.4, -0.2) is 38.3 Å². The van der Waals surface area contributed by atoms with Crippen molar-refractivity contribution in [1.82, 2.24) is 4.31 Å². The van der Waals surface area contributed by atoms with E-state index in [1.807, 2.05) is 12.3 Å². The minimum atomic E-state index is -3.41. The van der Waals surface area contributed by atoms with Crippen LogP contribution in [0.1, 0.15) is 11.1 Å². The van der Waals surface area contributed by atoms with Gasteiger partial charge in [-0.15, -0.1) is 0 Å². The van der Waals surface area contributed by atoms with Crippen LogP contribution in [0.3, 0.4) is 0 Å². The minimum absolute atomic E-state index is 0.351. The molecule has 0 spiro atoms. The molecular weight excluding hydrogens is 268 g/mol. The van der Waals surface area contributed by atoms with Gasteiger partial charge in [0.15, 0.2) is 0 Å². The Kier molecular flexibility index (Phi) is 5.65. The molecule has 18 heavy (non-hydrogen) atoms. The molecule has 0 unspecified atom stereocenters. The molecule has 2 N–H and O–H groups in total. The molecule has 0 aliphatic heterocycles. The zero-order valence-corrected chi connectivity index (χ0v) is 12.6. The maximum Gasteiger partial charge on any atom is 0.243 e. The zero-order valence-electron chi connectivity index (χ0n) is 11.0. The average molecular weight is 288 g/mol. The first-order valence-electron chi connectivity index (χ1n) is 5.69. The average Bonchev–Trinajstić information content (AvgIpc) is 2.35. The summed E-state index contributed by atoms with van der Waals surface area (Å²) in [4.78, 5) is 0.356. The molecule has 0 saturated heterocycles. The Bertz CT molecular complexity index is 501. The normalized spacial score (nSPS) is 12.1. The second kappa shape index (κ2) is 6.56. The van der Waals surface area contributed by atoms with E-state index in [9.17, 15) is 8.42 Å². The summed E-state index contributed by atoms with van der Waals surface area (Å²) in [7, 11) is -1.80. The fourth-order valence-electron chi connectivity index (χ4n) is 1.67. The van der Waals surface area contributed by atoms with Crippen LogP contribution in [0.15, 0.2) is 23.1 Å². The van der Waals surface area contributed by atoms with Crippen LogP contribution in [-0.2, 0) is 16.6 Å². The fourth-order valence-corrected chi connectivity index (χ4v) is 3.68. The summed E-state index contributed by atoms with van der Waals surface area (Å²) < 4.78 is 26.2. The third kappa shape index (κ3) is 3.26. The molecule has 0 atom stereocenters. The number of hydrogen-bond donors (Lipinski definition) is 1. The molecule has 0 aliphatic rings. The highest BCUT2D eigenvalue weighted by Gasteiger charge is 2.22. The Balaban J connectivity index is 3.12. The molecule has 1 aromatic rings. The van der Waals surface area contributed by atoms with E-state index in [1.54, 1.807) is 37.9 Å². The quantitative estimate of drug-likeness (QED) is 0.860. The smallest absolute Gasteiger partial charge is 0.243 e. The van der Waals surface area contributed by atoms with E-state index in [2.05, 4.69) is 0 Å². The third-order valence-electron chi connectivity index (χ3n) is 2.91. The van der Waals surface area contributed by atoms with Gasteiger partial charge < -0.3 is 5.73 Å². The number of thioether (sulfide) groups is 1. The van der Waals surface area contributed by atoms with Gasteiger partial charge in [0.05, 0.1) is 4.90 Å². The van der Waals surface area contributed by atoms with Gasteiger partial charge >= 0.3 is 0 Å². The van der Waals surface area contributed by atoms with Gasteiger partial charge in [-0.3, -0.25) is 0 Å². The van der Waals surface area contributed by atoms with Crippen LogP contribution in [0, 0.1) is 6.92 Å². The van der Waals surface area contributed by atoms with E-state index in [0.717, 1.165) is 16.9 Å². The van der Waals surface area contributed by atoms with Gasteiger partial charge in [-0.25, -0.2) is 12.7 Å². The summed E-state index contributed by atoms with van der Waals surface area (Å²) in [6.45, 7) is 2.66. The summed E-state index contributed by atoms with van der Waals surface area (Å²) in [6, 6.07) is 5.24. The van der Waals surface area contributed by atoms with Crippen LogP contribution >= 0.6 is 11.8 Å². The number of rotatable bonds is 6. The summed E-state index contributed by atoms with van der Waals surface area (Å²) in [5, 5.41) is 0. The van der Waals surface area contributed by atoms with Crippen LogP contribution < -0.4 is 5.73 Å². The van der Waals surface area contributed by atoms with Gasteiger partial charge in [0.25, 0.3) is 0 Å². The van der Waals surface area contributed by atoms with E-state index in [-0.39, 0.29) is 0 Å². The highest BCUT2D eigenvalue weighted by Crippen LogP contribution is 2.21. The lowest BCUT2D eigenvalue weighted by Crippen LogP contribution is -2.29. The Morgan fingerprint density at radius 2 is 2.06 bits per heavy atom. The predicted molar refractivity (Wildman–Crippen MR) is 77.3 cm³/mol. The Morgan fingerprint density at radius 3 is 2.61 bits per heavy atom. The van der Waals surface area contributed by atoms with Gasteiger partial charge in [-0.05, 0) is 30.4 Å². The highest BCUT2D eigenvalue weighted by atomic mass is 32.2. The molecule has 0 radical (unpaired) electrons. The molecule has 0 aromatic heterocycles. The predicted octanol–water partition coefficient (Wildman–Crippen LogP) is 1.44. The van der Waals surface area contributed by atoms with E-state index in [1.165, 1.54) is 4.31 Å². The molecule has 0 aliphatic carbocycles. The Hall–Kier alpha value is -0.560. The molecule has 102 valence electrons. The van der Waals surface area contributed by atoms with Crippen molar-refractivity contribution in [3.05, 3.63) is 29.3 Å². The summed E-state index contributed by atoms with van der Waals surface area (Å²) in [6.07, 6.45) is 1.96. The standard InChI is InChI=1S/C12H20N2O2S2/c1-10-11(9-13)5-4-6-12(10)18(15,16)14(2)7-8-17-3/h4-6H,7-9,13H2,1-3H3. The number of sulfonamides is 1. The molecule has 0 heterocycles. The van der Waals surface area contributed by atoms with Gasteiger partial charge in [0, 0.05) is 25.9 Å². The third-order valence-corrected chi connectivity index (χ3v) is 5.51. The maximum atomic E-state index is 12.4. The lowest BCUT2D eigenvalue weighted by molar-refractivity contribution is 0.488. The highest BCUT2D eigenvalue weighted by molar-refractivity contribution is 7.98. The lowest BCUT2D eigenvalue weighted by Gasteiger charge is -2.19. The molecule has 0 saturated carbocycles. The van der Waals surface area contributed by atoms with E-state index >= 15 is 0 Å². The number of nitrogens with two attached hydrogens (primary N) is 1. The fraction of sp³-hybridized carbons (Fsp3) is 0.500. The molecule has 6 heteroatoms. The summed E-state index contributed by atoms with van der Waals surface area (Å²) >= 11 is 1.63. The van der Waals surface area contributed by atoms with Gasteiger partial charge in [0.1, 0.15) is 0 Å². The Labute approximate surface area is 114 Å². The summed E-state index contributed by atoms with van der Waals surface area (Å²) in [5.74, 6) is 0.783. The van der Waals surface area contributed by atoms with E-state index < -0.39 is 10.0 Å². The van der Waals surface area contributed by atoms with Gasteiger partial charge in [-0.1, -0.05) is 12.1 Å². The van der Waals surface area contributed by atoms with Crippen molar-refractivity contribution >= 4 is 21.8 Å². The van der Waals surface area contributed by atoms with Crippen molar-refractivity contribution in [3.63, 3.8) is 0 Å². The number of hydrogen-bond acceptors (Lipinski definition) is 4. The monoisotopic (exact) mass is 288 g/mol. The number of benzene rings is 1. The lowest BCUT2D eigenvalue weighted by atomic mass is 10.1. The maximum absolute atomic E-state index is 12.4. The molecule has 0 fully saturated rings. The second-order valence-corrected chi connectivity index (χ2v) is 7.06. The topological polar surface area (TPSA) is 63.4 Å².